The number of nitrogens with one attached hydrogen (secondary N) is 2. The molecule has 0 fully saturated rings. The number of anilines is 2. The number of fused-ring (bicyclic) bond motifs is 1. The molecule has 0 aliphatic rings. The van der Waals surface area contributed by atoms with Crippen LogP contribution in [0.4, 0.5) is 16.4 Å². The van der Waals surface area contributed by atoms with Crippen molar-refractivity contribution in [1.82, 2.24) is 9.97 Å². The van der Waals surface area contributed by atoms with Gasteiger partial charge in [0, 0.05) is 23.7 Å². The van der Waals surface area contributed by atoms with Crippen LogP contribution in [0.15, 0.2) is 66.9 Å². The Bertz CT molecular complexity index is 1260. The summed E-state index contributed by atoms with van der Waals surface area (Å²) in [6, 6.07) is 18.7. The molecule has 4 aromatic rings. The normalized spacial score (nSPS) is 10.6. The van der Waals surface area contributed by atoms with Crippen LogP contribution in [-0.4, -0.2) is 35.4 Å². The van der Waals surface area contributed by atoms with Gasteiger partial charge in [-0.2, -0.15) is 0 Å². The summed E-state index contributed by atoms with van der Waals surface area (Å²) >= 11 is 0. The van der Waals surface area contributed by atoms with Crippen molar-refractivity contribution in [2.75, 3.05) is 24.9 Å². The predicted octanol–water partition coefficient (Wildman–Crippen LogP) is 5.02. The highest BCUT2D eigenvalue weighted by atomic mass is 16.5. The molecule has 0 unspecified atom stereocenters. The van der Waals surface area contributed by atoms with Gasteiger partial charge in [-0.05, 0) is 53.4 Å². The zero-order chi connectivity index (χ0) is 22.5. The van der Waals surface area contributed by atoms with Crippen LogP contribution < -0.4 is 20.1 Å². The highest BCUT2D eigenvalue weighted by molar-refractivity contribution is 6.02. The maximum Gasteiger partial charge on any atom is 0.409 e. The Hall–Kier alpha value is -4.33. The highest BCUT2D eigenvalue weighted by Crippen LogP contribution is 2.33. The average Bonchev–Trinajstić information content (AvgIpc) is 2.82. The predicted molar refractivity (Wildman–Crippen MR) is 123 cm³/mol. The topological polar surface area (TPSA) is 106 Å². The first kappa shape index (κ1) is 20.9. The lowest BCUT2D eigenvalue weighted by atomic mass is 10.0. The standard InChI is InChI=1S/C24H22N4O4/c1-31-18-6-3-15(4-7-18)14-26-23-25-10-9-21(27-23)17-11-16-5-8-19(32-2)13-20(16)22(12-17)28-24(29)30/h3-13,28H,14H2,1-2H3,(H,29,30)(H,25,26,27). The SMILES string of the molecule is COc1ccc(CNc2nccc(-c3cc(NC(=O)O)c4cc(OC)ccc4c3)n2)cc1. The zero-order valence-electron chi connectivity index (χ0n) is 17.6. The van der Waals surface area contributed by atoms with Crippen LogP contribution in [0.5, 0.6) is 11.5 Å². The second-order valence-corrected chi connectivity index (χ2v) is 7.01. The molecule has 8 nitrogen and oxygen atoms in total. The lowest BCUT2D eigenvalue weighted by Gasteiger charge is -2.12. The molecule has 3 N–H and O–H groups in total. The van der Waals surface area contributed by atoms with Gasteiger partial charge >= 0.3 is 6.09 Å². The third kappa shape index (κ3) is 4.70. The van der Waals surface area contributed by atoms with Crippen molar-refractivity contribution in [2.24, 2.45) is 0 Å². The molecule has 0 aliphatic heterocycles. The molecule has 1 heterocycles. The second-order valence-electron chi connectivity index (χ2n) is 7.01. The van der Waals surface area contributed by atoms with Gasteiger partial charge in [-0.3, -0.25) is 5.32 Å². The summed E-state index contributed by atoms with van der Waals surface area (Å²) in [6.07, 6.45) is 0.525. The zero-order valence-corrected chi connectivity index (χ0v) is 17.6. The van der Waals surface area contributed by atoms with E-state index in [4.69, 9.17) is 9.47 Å². The minimum Gasteiger partial charge on any atom is -0.497 e. The quantitative estimate of drug-likeness (QED) is 0.378. The summed E-state index contributed by atoms with van der Waals surface area (Å²) < 4.78 is 10.5. The molecular weight excluding hydrogens is 408 g/mol. The van der Waals surface area contributed by atoms with Crippen LogP contribution in [0.25, 0.3) is 22.0 Å². The summed E-state index contributed by atoms with van der Waals surface area (Å²) in [5, 5.41) is 16.6. The Labute approximate surface area is 184 Å². The van der Waals surface area contributed by atoms with E-state index in [1.807, 2.05) is 42.5 Å². The number of benzene rings is 3. The second kappa shape index (κ2) is 9.22. The van der Waals surface area contributed by atoms with Gasteiger partial charge in [0.1, 0.15) is 11.5 Å². The number of carboxylic acid groups (broad SMARTS) is 1. The third-order valence-electron chi connectivity index (χ3n) is 4.96. The first-order valence-corrected chi connectivity index (χ1v) is 9.87. The summed E-state index contributed by atoms with van der Waals surface area (Å²) in [5.41, 5.74) is 2.95. The van der Waals surface area contributed by atoms with Gasteiger partial charge in [0.2, 0.25) is 5.95 Å². The van der Waals surface area contributed by atoms with Gasteiger partial charge < -0.3 is 19.9 Å². The van der Waals surface area contributed by atoms with Crippen LogP contribution in [0, 0.1) is 0 Å². The monoisotopic (exact) mass is 430 g/mol. The van der Waals surface area contributed by atoms with Crippen molar-refractivity contribution in [2.45, 2.75) is 6.54 Å². The molecule has 4 rings (SSSR count). The number of ether oxygens (including phenoxy) is 2. The highest BCUT2D eigenvalue weighted by Gasteiger charge is 2.11. The van der Waals surface area contributed by atoms with Crippen LogP contribution in [-0.2, 0) is 6.54 Å². The maximum atomic E-state index is 11.3. The van der Waals surface area contributed by atoms with E-state index < -0.39 is 6.09 Å². The van der Waals surface area contributed by atoms with Crippen molar-refractivity contribution in [3.05, 3.63) is 72.4 Å². The molecule has 162 valence electrons. The molecule has 3 aromatic carbocycles. The number of hydrogen-bond donors (Lipinski definition) is 3. The van der Waals surface area contributed by atoms with E-state index in [1.54, 1.807) is 38.6 Å². The average molecular weight is 430 g/mol. The minimum absolute atomic E-state index is 0.454. The Morgan fingerprint density at radius 3 is 2.44 bits per heavy atom. The molecule has 1 amide bonds. The summed E-state index contributed by atoms with van der Waals surface area (Å²) in [5.74, 6) is 1.92. The third-order valence-corrected chi connectivity index (χ3v) is 4.96. The smallest absolute Gasteiger partial charge is 0.409 e. The summed E-state index contributed by atoms with van der Waals surface area (Å²) in [4.78, 5) is 20.2. The number of rotatable bonds is 7. The van der Waals surface area contributed by atoms with E-state index >= 15 is 0 Å². The fourth-order valence-electron chi connectivity index (χ4n) is 3.36. The Morgan fingerprint density at radius 1 is 0.969 bits per heavy atom. The minimum atomic E-state index is -1.14. The molecule has 0 saturated carbocycles. The Morgan fingerprint density at radius 2 is 1.72 bits per heavy atom. The first-order chi connectivity index (χ1) is 15.6. The van der Waals surface area contributed by atoms with Crippen molar-refractivity contribution in [1.29, 1.82) is 0 Å². The van der Waals surface area contributed by atoms with Gasteiger partial charge in [0.25, 0.3) is 0 Å². The van der Waals surface area contributed by atoms with Gasteiger partial charge in [0.05, 0.1) is 25.6 Å². The van der Waals surface area contributed by atoms with Crippen LogP contribution in [0.2, 0.25) is 0 Å². The molecule has 0 saturated heterocycles. The summed E-state index contributed by atoms with van der Waals surface area (Å²) in [6.45, 7) is 0.552. The maximum absolute atomic E-state index is 11.3. The molecular formula is C24H22N4O4. The van der Waals surface area contributed by atoms with Crippen molar-refractivity contribution in [3.63, 3.8) is 0 Å². The lowest BCUT2D eigenvalue weighted by Crippen LogP contribution is -2.08. The van der Waals surface area contributed by atoms with Gasteiger partial charge in [0.15, 0.2) is 0 Å². The first-order valence-electron chi connectivity index (χ1n) is 9.87. The van der Waals surface area contributed by atoms with E-state index in [1.165, 1.54) is 0 Å². The molecule has 8 heteroatoms. The van der Waals surface area contributed by atoms with Gasteiger partial charge in [-0.1, -0.05) is 18.2 Å². The van der Waals surface area contributed by atoms with Crippen molar-refractivity contribution >= 4 is 28.5 Å². The van der Waals surface area contributed by atoms with E-state index in [2.05, 4.69) is 20.6 Å². The molecule has 1 aromatic heterocycles. The summed E-state index contributed by atoms with van der Waals surface area (Å²) in [7, 11) is 3.20. The van der Waals surface area contributed by atoms with Crippen LogP contribution >= 0.6 is 0 Å². The van der Waals surface area contributed by atoms with Gasteiger partial charge in [-0.25, -0.2) is 14.8 Å². The van der Waals surface area contributed by atoms with Crippen molar-refractivity contribution in [3.8, 4) is 22.8 Å². The number of carbonyl (C=O) groups is 1. The fraction of sp³-hybridized carbons (Fsp3) is 0.125. The van der Waals surface area contributed by atoms with E-state index in [0.717, 1.165) is 27.6 Å². The number of aromatic nitrogens is 2. The fourth-order valence-corrected chi connectivity index (χ4v) is 3.36. The number of nitrogens with zero attached hydrogens (tertiary/aromatic N) is 2. The molecule has 0 atom stereocenters. The number of hydrogen-bond acceptors (Lipinski definition) is 6. The van der Waals surface area contributed by atoms with Crippen LogP contribution in [0.3, 0.4) is 0 Å². The van der Waals surface area contributed by atoms with Crippen LogP contribution in [0.1, 0.15) is 5.56 Å². The molecule has 0 bridgehead atoms. The van der Waals surface area contributed by atoms with E-state index in [-0.39, 0.29) is 0 Å². The Balaban J connectivity index is 1.63. The largest absolute Gasteiger partial charge is 0.497 e. The van der Waals surface area contributed by atoms with E-state index in [9.17, 15) is 9.90 Å². The molecule has 0 aliphatic carbocycles. The molecule has 0 radical (unpaired) electrons. The van der Waals surface area contributed by atoms with E-state index in [0.29, 0.717) is 29.6 Å². The Kier molecular flexibility index (Phi) is 6.03. The lowest BCUT2D eigenvalue weighted by molar-refractivity contribution is 0.210. The number of amides is 1. The van der Waals surface area contributed by atoms with Crippen molar-refractivity contribution < 1.29 is 19.4 Å². The van der Waals surface area contributed by atoms with Gasteiger partial charge in [-0.15, -0.1) is 0 Å². The molecule has 0 spiro atoms. The number of methoxy groups -OCH3 is 2. The molecule has 32 heavy (non-hydrogen) atoms.